The Morgan fingerprint density at radius 2 is 2.32 bits per heavy atom. The van der Waals surface area contributed by atoms with Crippen LogP contribution in [-0.4, -0.2) is 22.3 Å². The third-order valence-electron chi connectivity index (χ3n) is 4.09. The summed E-state index contributed by atoms with van der Waals surface area (Å²) in [5, 5.41) is 0. The number of halogens is 2. The van der Waals surface area contributed by atoms with Crippen molar-refractivity contribution in [3.63, 3.8) is 0 Å². The number of rotatable bonds is 1. The van der Waals surface area contributed by atoms with Crippen LogP contribution in [0.2, 0.25) is 0 Å². The smallest absolute Gasteiger partial charge is 0.201 e. The van der Waals surface area contributed by atoms with Crippen LogP contribution >= 0.6 is 15.9 Å². The van der Waals surface area contributed by atoms with Crippen molar-refractivity contribution in [2.45, 2.75) is 31.9 Å². The fraction of sp³-hybridized carbons (Fsp3) is 0.462. The van der Waals surface area contributed by atoms with Crippen LogP contribution in [0.25, 0.3) is 11.0 Å². The minimum absolute atomic E-state index is 0.0380. The van der Waals surface area contributed by atoms with E-state index in [-0.39, 0.29) is 17.5 Å². The summed E-state index contributed by atoms with van der Waals surface area (Å²) in [7, 11) is 0. The summed E-state index contributed by atoms with van der Waals surface area (Å²) < 4.78 is 21.6. The summed E-state index contributed by atoms with van der Waals surface area (Å²) in [5.41, 5.74) is 7.18. The number of nitrogens with two attached hydrogens (primary N) is 1. The summed E-state index contributed by atoms with van der Waals surface area (Å²) in [4.78, 5) is 4.26. The highest BCUT2D eigenvalue weighted by Gasteiger charge is 2.41. The molecule has 1 saturated heterocycles. The first-order valence-electron chi connectivity index (χ1n) is 6.18. The van der Waals surface area contributed by atoms with Crippen LogP contribution in [0, 0.1) is 5.82 Å². The fourth-order valence-electron chi connectivity index (χ4n) is 2.75. The number of hydrogen-bond acceptors (Lipinski definition) is 3. The predicted molar refractivity (Wildman–Crippen MR) is 75.5 cm³/mol. The maximum absolute atomic E-state index is 13.6. The van der Waals surface area contributed by atoms with Gasteiger partial charge in [-0.15, -0.1) is 0 Å². The molecule has 0 radical (unpaired) electrons. The summed E-state index contributed by atoms with van der Waals surface area (Å²) in [6, 6.07) is 3.13. The number of nitrogens with zero attached hydrogens (tertiary/aromatic N) is 2. The number of nitrogen functional groups attached to an aromatic ring is 1. The molecule has 6 heteroatoms. The zero-order valence-electron chi connectivity index (χ0n) is 10.8. The van der Waals surface area contributed by atoms with Crippen molar-refractivity contribution in [2.24, 2.45) is 0 Å². The first-order valence-corrected chi connectivity index (χ1v) is 6.98. The molecule has 1 aromatic heterocycles. The van der Waals surface area contributed by atoms with Gasteiger partial charge in [-0.25, -0.2) is 9.37 Å². The van der Waals surface area contributed by atoms with Crippen LogP contribution in [0.3, 0.4) is 0 Å². The molecule has 19 heavy (non-hydrogen) atoms. The number of benzene rings is 1. The van der Waals surface area contributed by atoms with Crippen LogP contribution in [0.15, 0.2) is 16.6 Å². The van der Waals surface area contributed by atoms with Crippen LogP contribution in [0.4, 0.5) is 10.3 Å². The molecule has 0 bridgehead atoms. The van der Waals surface area contributed by atoms with E-state index in [0.717, 1.165) is 11.9 Å². The number of hydrogen-bond donors (Lipinski definition) is 1. The standard InChI is InChI=1S/C13H15BrFN3O/c1-7-13(2,3-4-19-7)18-11-5-8(14)9(15)6-10(11)17-12(18)16/h5-7H,3-4H2,1-2H3,(H2,16,17). The van der Waals surface area contributed by atoms with Gasteiger partial charge in [-0.05, 0) is 42.3 Å². The summed E-state index contributed by atoms with van der Waals surface area (Å²) in [5.74, 6) is 0.0605. The highest BCUT2D eigenvalue weighted by atomic mass is 79.9. The molecule has 2 aromatic rings. The van der Waals surface area contributed by atoms with E-state index in [1.54, 1.807) is 6.07 Å². The lowest BCUT2D eigenvalue weighted by atomic mass is 9.94. The molecule has 0 spiro atoms. The maximum atomic E-state index is 13.6. The van der Waals surface area contributed by atoms with Crippen LogP contribution in [0.1, 0.15) is 20.3 Å². The van der Waals surface area contributed by atoms with Gasteiger partial charge < -0.3 is 15.0 Å². The second kappa shape index (κ2) is 4.18. The van der Waals surface area contributed by atoms with Crippen LogP contribution in [-0.2, 0) is 10.3 Å². The number of aromatic nitrogens is 2. The molecular weight excluding hydrogens is 313 g/mol. The van der Waals surface area contributed by atoms with E-state index in [1.807, 2.05) is 11.5 Å². The monoisotopic (exact) mass is 327 g/mol. The average molecular weight is 328 g/mol. The zero-order valence-corrected chi connectivity index (χ0v) is 12.4. The third kappa shape index (κ3) is 1.77. The third-order valence-corrected chi connectivity index (χ3v) is 4.69. The normalized spacial score (nSPS) is 27.3. The second-order valence-corrected chi connectivity index (χ2v) is 6.03. The van der Waals surface area contributed by atoms with Crippen molar-refractivity contribution in [3.8, 4) is 0 Å². The second-order valence-electron chi connectivity index (χ2n) is 5.18. The summed E-state index contributed by atoms with van der Waals surface area (Å²) in [6.07, 6.45) is 0.898. The van der Waals surface area contributed by atoms with Gasteiger partial charge in [-0.2, -0.15) is 0 Å². The van der Waals surface area contributed by atoms with Crippen molar-refractivity contribution in [1.82, 2.24) is 9.55 Å². The molecule has 1 fully saturated rings. The van der Waals surface area contributed by atoms with Crippen LogP contribution in [0.5, 0.6) is 0 Å². The van der Waals surface area contributed by atoms with Gasteiger partial charge in [0.05, 0.1) is 27.1 Å². The lowest BCUT2D eigenvalue weighted by Gasteiger charge is -2.31. The minimum atomic E-state index is -0.335. The molecule has 2 N–H and O–H groups in total. The fourth-order valence-corrected chi connectivity index (χ4v) is 3.08. The molecule has 1 aliphatic heterocycles. The first kappa shape index (κ1) is 12.9. The number of fused-ring (bicyclic) bond motifs is 1. The molecule has 2 heterocycles. The molecule has 102 valence electrons. The van der Waals surface area contributed by atoms with Gasteiger partial charge in [0.2, 0.25) is 5.95 Å². The maximum Gasteiger partial charge on any atom is 0.201 e. The van der Waals surface area contributed by atoms with Gasteiger partial charge in [0.1, 0.15) is 5.82 Å². The largest absolute Gasteiger partial charge is 0.376 e. The lowest BCUT2D eigenvalue weighted by molar-refractivity contribution is 0.0783. The lowest BCUT2D eigenvalue weighted by Crippen LogP contribution is -2.37. The Hall–Kier alpha value is -1.14. The minimum Gasteiger partial charge on any atom is -0.376 e. The molecular formula is C13H15BrFN3O. The van der Waals surface area contributed by atoms with E-state index in [1.165, 1.54) is 6.07 Å². The Morgan fingerprint density at radius 1 is 1.58 bits per heavy atom. The Balaban J connectivity index is 2.29. The van der Waals surface area contributed by atoms with Gasteiger partial charge in [0.15, 0.2) is 0 Å². The van der Waals surface area contributed by atoms with E-state index >= 15 is 0 Å². The molecule has 3 rings (SSSR count). The van der Waals surface area contributed by atoms with E-state index in [4.69, 9.17) is 10.5 Å². The molecule has 0 amide bonds. The predicted octanol–water partition coefficient (Wildman–Crippen LogP) is 3.04. The number of ether oxygens (including phenoxy) is 1. The summed E-state index contributed by atoms with van der Waals surface area (Å²) in [6.45, 7) is 4.81. The summed E-state index contributed by atoms with van der Waals surface area (Å²) >= 11 is 3.21. The van der Waals surface area contributed by atoms with Crippen LogP contribution < -0.4 is 5.73 Å². The molecule has 0 aliphatic carbocycles. The Morgan fingerprint density at radius 3 is 2.95 bits per heavy atom. The quantitative estimate of drug-likeness (QED) is 0.875. The van der Waals surface area contributed by atoms with E-state index in [9.17, 15) is 4.39 Å². The molecule has 1 aliphatic rings. The Bertz CT molecular complexity index is 657. The molecule has 2 atom stereocenters. The van der Waals surface area contributed by atoms with Gasteiger partial charge in [0.25, 0.3) is 0 Å². The number of anilines is 1. The zero-order chi connectivity index (χ0) is 13.8. The Labute approximate surface area is 118 Å². The molecule has 4 nitrogen and oxygen atoms in total. The first-order chi connectivity index (χ1) is 8.93. The highest BCUT2D eigenvalue weighted by molar-refractivity contribution is 9.10. The highest BCUT2D eigenvalue weighted by Crippen LogP contribution is 2.38. The Kier molecular flexibility index (Phi) is 2.83. The van der Waals surface area contributed by atoms with Gasteiger partial charge in [-0.1, -0.05) is 0 Å². The van der Waals surface area contributed by atoms with E-state index in [2.05, 4.69) is 27.8 Å². The number of imidazole rings is 1. The molecule has 0 saturated carbocycles. The van der Waals surface area contributed by atoms with Crippen molar-refractivity contribution in [1.29, 1.82) is 0 Å². The SMILES string of the molecule is CC1OCCC1(C)n1c(N)nc2cc(F)c(Br)cc21. The van der Waals surface area contributed by atoms with Gasteiger partial charge in [0, 0.05) is 12.7 Å². The molecule has 1 aromatic carbocycles. The van der Waals surface area contributed by atoms with Gasteiger partial charge >= 0.3 is 0 Å². The van der Waals surface area contributed by atoms with Crippen molar-refractivity contribution >= 4 is 32.9 Å². The van der Waals surface area contributed by atoms with Crippen molar-refractivity contribution in [2.75, 3.05) is 12.3 Å². The van der Waals surface area contributed by atoms with Crippen molar-refractivity contribution in [3.05, 3.63) is 22.4 Å². The van der Waals surface area contributed by atoms with E-state index in [0.29, 0.717) is 22.5 Å². The van der Waals surface area contributed by atoms with Gasteiger partial charge in [-0.3, -0.25) is 0 Å². The van der Waals surface area contributed by atoms with E-state index < -0.39 is 0 Å². The van der Waals surface area contributed by atoms with Crippen molar-refractivity contribution < 1.29 is 9.13 Å². The average Bonchev–Trinajstić information content (AvgIpc) is 2.81. The topological polar surface area (TPSA) is 53.1 Å². The molecule has 2 unspecified atom stereocenters.